The van der Waals surface area contributed by atoms with Gasteiger partial charge in [0.2, 0.25) is 0 Å². The van der Waals surface area contributed by atoms with Crippen molar-refractivity contribution in [2.24, 2.45) is 5.41 Å². The van der Waals surface area contributed by atoms with Gasteiger partial charge in [-0.15, -0.1) is 12.3 Å². The van der Waals surface area contributed by atoms with E-state index in [2.05, 4.69) is 36.9 Å². The van der Waals surface area contributed by atoms with E-state index in [9.17, 15) is 0 Å². The average Bonchev–Trinajstić information content (AvgIpc) is 2.17. The van der Waals surface area contributed by atoms with Crippen LogP contribution in [0.5, 0.6) is 0 Å². The van der Waals surface area contributed by atoms with Gasteiger partial charge in [-0.05, 0) is 18.4 Å². The SMILES string of the molecule is C#CCCCN1CCNC(C(C)(C)C)C1. The summed E-state index contributed by atoms with van der Waals surface area (Å²) in [6.45, 7) is 11.5. The van der Waals surface area contributed by atoms with Gasteiger partial charge in [-0.3, -0.25) is 0 Å². The minimum absolute atomic E-state index is 0.352. The van der Waals surface area contributed by atoms with E-state index in [0.717, 1.165) is 39.0 Å². The molecular formula is C13H24N2. The first-order valence-corrected chi connectivity index (χ1v) is 5.93. The van der Waals surface area contributed by atoms with Crippen LogP contribution >= 0.6 is 0 Å². The van der Waals surface area contributed by atoms with Crippen molar-refractivity contribution in [1.29, 1.82) is 0 Å². The number of piperazine rings is 1. The zero-order valence-electron chi connectivity index (χ0n) is 10.3. The maximum Gasteiger partial charge on any atom is 0.0244 e. The fourth-order valence-electron chi connectivity index (χ4n) is 2.00. The molecule has 1 N–H and O–H groups in total. The molecular weight excluding hydrogens is 184 g/mol. The molecule has 0 bridgehead atoms. The van der Waals surface area contributed by atoms with E-state index in [1.807, 2.05) is 0 Å². The molecule has 1 aliphatic rings. The Morgan fingerprint density at radius 3 is 2.80 bits per heavy atom. The quantitative estimate of drug-likeness (QED) is 0.561. The van der Waals surface area contributed by atoms with E-state index in [4.69, 9.17) is 6.42 Å². The second kappa shape index (κ2) is 5.53. The van der Waals surface area contributed by atoms with Crippen LogP contribution < -0.4 is 5.32 Å². The summed E-state index contributed by atoms with van der Waals surface area (Å²) in [5, 5.41) is 3.60. The maximum atomic E-state index is 5.26. The molecule has 0 aromatic rings. The predicted octanol–water partition coefficient (Wildman–Crippen LogP) is 1.72. The third-order valence-electron chi connectivity index (χ3n) is 3.10. The van der Waals surface area contributed by atoms with Crippen LogP contribution in [0, 0.1) is 17.8 Å². The van der Waals surface area contributed by atoms with E-state index in [1.165, 1.54) is 0 Å². The Labute approximate surface area is 94.4 Å². The topological polar surface area (TPSA) is 15.3 Å². The van der Waals surface area contributed by atoms with E-state index in [1.54, 1.807) is 0 Å². The Bertz CT molecular complexity index is 222. The Balaban J connectivity index is 2.33. The van der Waals surface area contributed by atoms with Gasteiger partial charge in [-0.25, -0.2) is 0 Å². The fraction of sp³-hybridized carbons (Fsp3) is 0.846. The van der Waals surface area contributed by atoms with E-state index >= 15 is 0 Å². The average molecular weight is 208 g/mol. The van der Waals surface area contributed by atoms with Gasteiger partial charge in [-0.1, -0.05) is 20.8 Å². The first-order chi connectivity index (χ1) is 7.04. The molecule has 86 valence electrons. The van der Waals surface area contributed by atoms with Crippen molar-refractivity contribution in [3.8, 4) is 12.3 Å². The number of nitrogens with one attached hydrogen (secondary N) is 1. The number of hydrogen-bond acceptors (Lipinski definition) is 2. The summed E-state index contributed by atoms with van der Waals surface area (Å²) in [5.41, 5.74) is 0.352. The minimum Gasteiger partial charge on any atom is -0.311 e. The molecule has 1 atom stereocenters. The lowest BCUT2D eigenvalue weighted by Crippen LogP contribution is -2.55. The van der Waals surface area contributed by atoms with Crippen molar-refractivity contribution >= 4 is 0 Å². The molecule has 0 radical (unpaired) electrons. The van der Waals surface area contributed by atoms with Gasteiger partial charge >= 0.3 is 0 Å². The first kappa shape index (κ1) is 12.5. The number of rotatable bonds is 3. The lowest BCUT2D eigenvalue weighted by molar-refractivity contribution is 0.134. The van der Waals surface area contributed by atoms with Crippen LogP contribution in [0.4, 0.5) is 0 Å². The van der Waals surface area contributed by atoms with Crippen LogP contribution in [0.15, 0.2) is 0 Å². The Morgan fingerprint density at radius 1 is 1.47 bits per heavy atom. The first-order valence-electron chi connectivity index (χ1n) is 5.93. The van der Waals surface area contributed by atoms with Crippen LogP contribution in [0.2, 0.25) is 0 Å². The van der Waals surface area contributed by atoms with Crippen LogP contribution in [-0.2, 0) is 0 Å². The fourth-order valence-corrected chi connectivity index (χ4v) is 2.00. The number of unbranched alkanes of at least 4 members (excludes halogenated alkanes) is 1. The summed E-state index contributed by atoms with van der Waals surface area (Å²) in [4.78, 5) is 2.53. The second-order valence-electron chi connectivity index (χ2n) is 5.48. The maximum absolute atomic E-state index is 5.26. The Morgan fingerprint density at radius 2 is 2.20 bits per heavy atom. The molecule has 0 amide bonds. The van der Waals surface area contributed by atoms with Gasteiger partial charge < -0.3 is 10.2 Å². The summed E-state index contributed by atoms with van der Waals surface area (Å²) in [7, 11) is 0. The molecule has 1 saturated heterocycles. The standard InChI is InChI=1S/C13H24N2/c1-5-6-7-9-15-10-8-14-12(11-15)13(2,3)4/h1,12,14H,6-11H2,2-4H3. The van der Waals surface area contributed by atoms with Gasteiger partial charge in [0.15, 0.2) is 0 Å². The predicted molar refractivity (Wildman–Crippen MR) is 65.8 cm³/mol. The minimum atomic E-state index is 0.352. The van der Waals surface area contributed by atoms with Crippen LogP contribution in [-0.4, -0.2) is 37.1 Å². The molecule has 0 spiro atoms. The molecule has 1 unspecified atom stereocenters. The zero-order chi connectivity index (χ0) is 11.3. The summed E-state index contributed by atoms with van der Waals surface area (Å²) >= 11 is 0. The third kappa shape index (κ3) is 4.24. The number of nitrogens with zero attached hydrogens (tertiary/aromatic N) is 1. The normalized spacial score (nSPS) is 23.7. The smallest absolute Gasteiger partial charge is 0.0244 e. The lowest BCUT2D eigenvalue weighted by atomic mass is 9.85. The molecule has 0 aliphatic carbocycles. The van der Waals surface area contributed by atoms with Gasteiger partial charge in [-0.2, -0.15) is 0 Å². The van der Waals surface area contributed by atoms with E-state index in [0.29, 0.717) is 11.5 Å². The summed E-state index contributed by atoms with van der Waals surface area (Å²) in [5.74, 6) is 2.71. The molecule has 0 aromatic carbocycles. The van der Waals surface area contributed by atoms with Gasteiger partial charge in [0.1, 0.15) is 0 Å². The highest BCUT2D eigenvalue weighted by atomic mass is 15.2. The van der Waals surface area contributed by atoms with Crippen LogP contribution in [0.25, 0.3) is 0 Å². The molecule has 15 heavy (non-hydrogen) atoms. The highest BCUT2D eigenvalue weighted by molar-refractivity contribution is 4.88. The Hall–Kier alpha value is -0.520. The highest BCUT2D eigenvalue weighted by Crippen LogP contribution is 2.21. The van der Waals surface area contributed by atoms with Crippen molar-refractivity contribution in [3.63, 3.8) is 0 Å². The summed E-state index contributed by atoms with van der Waals surface area (Å²) < 4.78 is 0. The van der Waals surface area contributed by atoms with Crippen LogP contribution in [0.1, 0.15) is 33.6 Å². The van der Waals surface area contributed by atoms with E-state index < -0.39 is 0 Å². The zero-order valence-corrected chi connectivity index (χ0v) is 10.3. The Kier molecular flexibility index (Phi) is 4.63. The molecule has 1 aliphatic heterocycles. The van der Waals surface area contributed by atoms with Gasteiger partial charge in [0.25, 0.3) is 0 Å². The molecule has 0 aromatic heterocycles. The van der Waals surface area contributed by atoms with Crippen molar-refractivity contribution in [1.82, 2.24) is 10.2 Å². The van der Waals surface area contributed by atoms with Gasteiger partial charge in [0.05, 0.1) is 0 Å². The largest absolute Gasteiger partial charge is 0.311 e. The van der Waals surface area contributed by atoms with Crippen molar-refractivity contribution < 1.29 is 0 Å². The van der Waals surface area contributed by atoms with Crippen molar-refractivity contribution in [2.75, 3.05) is 26.2 Å². The highest BCUT2D eigenvalue weighted by Gasteiger charge is 2.28. The third-order valence-corrected chi connectivity index (χ3v) is 3.10. The monoisotopic (exact) mass is 208 g/mol. The molecule has 1 rings (SSSR count). The second-order valence-corrected chi connectivity index (χ2v) is 5.48. The molecule has 1 fully saturated rings. The molecule has 2 heteroatoms. The van der Waals surface area contributed by atoms with Gasteiger partial charge in [0, 0.05) is 32.1 Å². The molecule has 1 heterocycles. The summed E-state index contributed by atoms with van der Waals surface area (Å²) in [6.07, 6.45) is 7.30. The van der Waals surface area contributed by atoms with Crippen molar-refractivity contribution in [3.05, 3.63) is 0 Å². The van der Waals surface area contributed by atoms with Crippen LogP contribution in [0.3, 0.4) is 0 Å². The van der Waals surface area contributed by atoms with E-state index in [-0.39, 0.29) is 0 Å². The summed E-state index contributed by atoms with van der Waals surface area (Å²) in [6, 6.07) is 0.608. The lowest BCUT2D eigenvalue weighted by Gasteiger charge is -2.40. The van der Waals surface area contributed by atoms with Crippen molar-refractivity contribution in [2.45, 2.75) is 39.7 Å². The number of terminal acetylenes is 1. The number of hydrogen-bond donors (Lipinski definition) is 1. The molecule has 0 saturated carbocycles. The molecule has 2 nitrogen and oxygen atoms in total.